The van der Waals surface area contributed by atoms with Crippen LogP contribution in [-0.4, -0.2) is 12.1 Å². The molecule has 0 radical (unpaired) electrons. The normalized spacial score (nSPS) is 33.5. The zero-order chi connectivity index (χ0) is 12.1. The third kappa shape index (κ3) is 3.98. The van der Waals surface area contributed by atoms with Crippen molar-refractivity contribution in [2.45, 2.75) is 90.1 Å². The summed E-state index contributed by atoms with van der Waals surface area (Å²) < 4.78 is 0. The summed E-state index contributed by atoms with van der Waals surface area (Å²) in [6, 6.07) is 1.59. The van der Waals surface area contributed by atoms with E-state index in [-0.39, 0.29) is 0 Å². The summed E-state index contributed by atoms with van der Waals surface area (Å²) in [4.78, 5) is 0. The van der Waals surface area contributed by atoms with Gasteiger partial charge in [-0.25, -0.2) is 0 Å². The van der Waals surface area contributed by atoms with Crippen LogP contribution in [-0.2, 0) is 0 Å². The van der Waals surface area contributed by atoms with Gasteiger partial charge >= 0.3 is 0 Å². The Hall–Kier alpha value is -0.0400. The fourth-order valence-corrected chi connectivity index (χ4v) is 3.92. The summed E-state index contributed by atoms with van der Waals surface area (Å²) in [7, 11) is 0. The first-order chi connectivity index (χ1) is 8.29. The van der Waals surface area contributed by atoms with Crippen LogP contribution in [0.25, 0.3) is 0 Å². The van der Waals surface area contributed by atoms with Crippen LogP contribution < -0.4 is 5.32 Å². The van der Waals surface area contributed by atoms with Gasteiger partial charge in [-0.15, -0.1) is 0 Å². The van der Waals surface area contributed by atoms with Crippen molar-refractivity contribution >= 4 is 0 Å². The average molecular weight is 237 g/mol. The maximum atomic E-state index is 3.94. The number of rotatable bonds is 4. The Morgan fingerprint density at radius 2 is 1.71 bits per heavy atom. The molecule has 0 bridgehead atoms. The quantitative estimate of drug-likeness (QED) is 0.709. The van der Waals surface area contributed by atoms with Crippen LogP contribution in [0.1, 0.15) is 78.1 Å². The van der Waals surface area contributed by atoms with Crippen LogP contribution in [0.3, 0.4) is 0 Å². The van der Waals surface area contributed by atoms with Gasteiger partial charge in [0.2, 0.25) is 0 Å². The lowest BCUT2D eigenvalue weighted by Crippen LogP contribution is -2.39. The molecular weight excluding hydrogens is 206 g/mol. The molecule has 1 N–H and O–H groups in total. The highest BCUT2D eigenvalue weighted by atomic mass is 15.0. The smallest absolute Gasteiger partial charge is 0.00723 e. The molecule has 1 heteroatoms. The van der Waals surface area contributed by atoms with Crippen LogP contribution >= 0.6 is 0 Å². The minimum atomic E-state index is 0.758. The SMILES string of the molecule is CCC1CCC(N[C@@H](C)C2CCCCCC2)C1. The summed E-state index contributed by atoms with van der Waals surface area (Å²) in [5.41, 5.74) is 0. The largest absolute Gasteiger partial charge is 0.311 e. The lowest BCUT2D eigenvalue weighted by molar-refractivity contribution is 0.306. The topological polar surface area (TPSA) is 12.0 Å². The molecule has 0 aromatic carbocycles. The summed E-state index contributed by atoms with van der Waals surface area (Å²) in [5.74, 6) is 1.96. The van der Waals surface area contributed by atoms with Crippen LogP contribution in [0, 0.1) is 11.8 Å². The third-order valence-electron chi connectivity index (χ3n) is 5.22. The molecular formula is C16H31N. The zero-order valence-electron chi connectivity index (χ0n) is 11.9. The molecule has 2 fully saturated rings. The van der Waals surface area contributed by atoms with Crippen molar-refractivity contribution in [1.29, 1.82) is 0 Å². The van der Waals surface area contributed by atoms with Crippen molar-refractivity contribution < 1.29 is 0 Å². The van der Waals surface area contributed by atoms with Gasteiger partial charge in [-0.3, -0.25) is 0 Å². The second-order valence-corrected chi connectivity index (χ2v) is 6.49. The van der Waals surface area contributed by atoms with Crippen molar-refractivity contribution in [1.82, 2.24) is 5.32 Å². The Labute approximate surface area is 108 Å². The fraction of sp³-hybridized carbons (Fsp3) is 1.00. The Bertz CT molecular complexity index is 206. The van der Waals surface area contributed by atoms with E-state index in [9.17, 15) is 0 Å². The molecule has 2 rings (SSSR count). The maximum absolute atomic E-state index is 3.94. The lowest BCUT2D eigenvalue weighted by atomic mass is 9.92. The van der Waals surface area contributed by atoms with Crippen LogP contribution in [0.4, 0.5) is 0 Å². The van der Waals surface area contributed by atoms with Gasteiger partial charge in [-0.2, -0.15) is 0 Å². The first-order valence-electron chi connectivity index (χ1n) is 8.05. The molecule has 0 heterocycles. The standard InChI is InChI=1S/C16H31N/c1-3-14-10-11-16(12-14)17-13(2)15-8-6-4-5-7-9-15/h13-17H,3-12H2,1-2H3/t13-,14?,16?/m0/s1. The van der Waals surface area contributed by atoms with Crippen molar-refractivity contribution in [2.75, 3.05) is 0 Å². The van der Waals surface area contributed by atoms with Gasteiger partial charge in [0.05, 0.1) is 0 Å². The van der Waals surface area contributed by atoms with Crippen LogP contribution in [0.5, 0.6) is 0 Å². The van der Waals surface area contributed by atoms with Gasteiger partial charge in [0.1, 0.15) is 0 Å². The van der Waals surface area contributed by atoms with Gasteiger partial charge in [0.15, 0.2) is 0 Å². The van der Waals surface area contributed by atoms with Gasteiger partial charge < -0.3 is 5.32 Å². The van der Waals surface area contributed by atoms with E-state index in [2.05, 4.69) is 19.2 Å². The summed E-state index contributed by atoms with van der Waals surface area (Å²) >= 11 is 0. The minimum absolute atomic E-state index is 0.758. The highest BCUT2D eigenvalue weighted by Gasteiger charge is 2.26. The molecule has 0 aromatic heterocycles. The fourth-order valence-electron chi connectivity index (χ4n) is 3.92. The molecule has 3 atom stereocenters. The van der Waals surface area contributed by atoms with Gasteiger partial charge in [0.25, 0.3) is 0 Å². The van der Waals surface area contributed by atoms with Crippen LogP contribution in [0.2, 0.25) is 0 Å². The minimum Gasteiger partial charge on any atom is -0.311 e. The van der Waals surface area contributed by atoms with Crippen LogP contribution in [0.15, 0.2) is 0 Å². The molecule has 2 aliphatic rings. The molecule has 0 aromatic rings. The van der Waals surface area contributed by atoms with Crippen molar-refractivity contribution in [2.24, 2.45) is 11.8 Å². The summed E-state index contributed by atoms with van der Waals surface area (Å²) in [6.45, 7) is 4.79. The van der Waals surface area contributed by atoms with E-state index in [0.29, 0.717) is 0 Å². The van der Waals surface area contributed by atoms with E-state index < -0.39 is 0 Å². The van der Waals surface area contributed by atoms with E-state index in [0.717, 1.165) is 23.9 Å². The number of hydrogen-bond donors (Lipinski definition) is 1. The number of nitrogens with one attached hydrogen (secondary N) is 1. The summed E-state index contributed by atoms with van der Waals surface area (Å²) in [6.07, 6.45) is 14.5. The van der Waals surface area contributed by atoms with Crippen molar-refractivity contribution in [3.05, 3.63) is 0 Å². The van der Waals surface area contributed by atoms with Gasteiger partial charge in [-0.05, 0) is 50.9 Å². The predicted octanol–water partition coefficient (Wildman–Crippen LogP) is 4.51. The monoisotopic (exact) mass is 237 g/mol. The Balaban J connectivity index is 1.74. The molecule has 0 saturated heterocycles. The third-order valence-corrected chi connectivity index (χ3v) is 5.22. The Morgan fingerprint density at radius 1 is 1.00 bits per heavy atom. The molecule has 1 nitrogen and oxygen atoms in total. The molecule has 0 amide bonds. The van der Waals surface area contributed by atoms with E-state index in [4.69, 9.17) is 0 Å². The molecule has 2 aliphatic carbocycles. The lowest BCUT2D eigenvalue weighted by Gasteiger charge is -2.27. The van der Waals surface area contributed by atoms with E-state index in [1.54, 1.807) is 0 Å². The van der Waals surface area contributed by atoms with E-state index in [1.807, 2.05) is 0 Å². The molecule has 0 aliphatic heterocycles. The van der Waals surface area contributed by atoms with Gasteiger partial charge in [-0.1, -0.05) is 39.0 Å². The Morgan fingerprint density at radius 3 is 2.29 bits per heavy atom. The highest BCUT2D eigenvalue weighted by Crippen LogP contribution is 2.30. The summed E-state index contributed by atoms with van der Waals surface area (Å²) in [5, 5.41) is 3.94. The predicted molar refractivity (Wildman–Crippen MR) is 75.2 cm³/mol. The zero-order valence-corrected chi connectivity index (χ0v) is 11.9. The second-order valence-electron chi connectivity index (χ2n) is 6.49. The highest BCUT2D eigenvalue weighted by molar-refractivity contribution is 4.84. The van der Waals surface area contributed by atoms with Crippen molar-refractivity contribution in [3.63, 3.8) is 0 Å². The molecule has 0 spiro atoms. The number of hydrogen-bond acceptors (Lipinski definition) is 1. The second kappa shape index (κ2) is 6.78. The molecule has 2 saturated carbocycles. The molecule has 17 heavy (non-hydrogen) atoms. The molecule has 100 valence electrons. The van der Waals surface area contributed by atoms with E-state index in [1.165, 1.54) is 64.2 Å². The average Bonchev–Trinajstić information content (AvgIpc) is 2.62. The van der Waals surface area contributed by atoms with E-state index >= 15 is 0 Å². The maximum Gasteiger partial charge on any atom is 0.00723 e. The van der Waals surface area contributed by atoms with Gasteiger partial charge in [0, 0.05) is 12.1 Å². The van der Waals surface area contributed by atoms with Crippen molar-refractivity contribution in [3.8, 4) is 0 Å². The Kier molecular flexibility index (Phi) is 5.34. The molecule has 2 unspecified atom stereocenters. The first kappa shape index (κ1) is 13.4. The first-order valence-corrected chi connectivity index (χ1v) is 8.05.